The molecule has 2 heterocycles. The number of hydrogen-bond donors (Lipinski definition) is 1. The molecule has 1 aliphatic rings. The zero-order valence-corrected chi connectivity index (χ0v) is 10.8. The van der Waals surface area contributed by atoms with E-state index in [1.807, 2.05) is 19.1 Å². The predicted molar refractivity (Wildman–Crippen MR) is 68.7 cm³/mol. The second-order valence-corrected chi connectivity index (χ2v) is 4.27. The predicted octanol–water partition coefficient (Wildman–Crippen LogP) is 1.41. The first-order valence-electron chi connectivity index (χ1n) is 6.28. The van der Waals surface area contributed by atoms with Crippen molar-refractivity contribution in [2.75, 3.05) is 11.9 Å². The van der Waals surface area contributed by atoms with E-state index in [1.165, 1.54) is 0 Å². The molecule has 1 aromatic carbocycles. The van der Waals surface area contributed by atoms with Gasteiger partial charge in [0.05, 0.1) is 0 Å². The molecule has 1 aromatic heterocycles. The second-order valence-electron chi connectivity index (χ2n) is 4.27. The molecule has 2 aromatic rings. The molecule has 1 atom stereocenters. The highest BCUT2D eigenvalue weighted by Gasteiger charge is 2.28. The minimum absolute atomic E-state index is 0.148. The molecular weight excluding hydrogens is 262 g/mol. The Morgan fingerprint density at radius 3 is 2.95 bits per heavy atom. The molecule has 0 saturated heterocycles. The minimum Gasteiger partial charge on any atom is -0.485 e. The maximum atomic E-state index is 12.1. The van der Waals surface area contributed by atoms with Gasteiger partial charge in [0.25, 0.3) is 5.91 Å². The first kappa shape index (κ1) is 12.5. The van der Waals surface area contributed by atoms with Gasteiger partial charge in [0.2, 0.25) is 11.9 Å². The standard InChI is InChI=1S/C13H13N3O4/c1-2-8-12(16-20-15-8)14-13(17)11-7-18-9-5-3-4-6-10(9)19-11/h3-6,11H,2,7H2,1H3,(H,14,16,17). The monoisotopic (exact) mass is 275 g/mol. The van der Waals surface area contributed by atoms with Crippen LogP contribution in [0.25, 0.3) is 0 Å². The lowest BCUT2D eigenvalue weighted by Gasteiger charge is -2.25. The summed E-state index contributed by atoms with van der Waals surface area (Å²) in [6.45, 7) is 2.04. The number of nitrogens with zero attached hydrogens (tertiary/aromatic N) is 2. The fourth-order valence-electron chi connectivity index (χ4n) is 1.88. The zero-order chi connectivity index (χ0) is 13.9. The van der Waals surface area contributed by atoms with E-state index < -0.39 is 6.10 Å². The minimum atomic E-state index is -0.730. The number of fused-ring (bicyclic) bond motifs is 1. The Morgan fingerprint density at radius 1 is 1.35 bits per heavy atom. The molecule has 1 aliphatic heterocycles. The summed E-state index contributed by atoms with van der Waals surface area (Å²) in [7, 11) is 0. The molecule has 0 bridgehead atoms. The van der Waals surface area contributed by atoms with Gasteiger partial charge < -0.3 is 14.8 Å². The molecule has 0 spiro atoms. The maximum absolute atomic E-state index is 12.1. The van der Waals surface area contributed by atoms with Crippen molar-refractivity contribution in [3.8, 4) is 11.5 Å². The number of para-hydroxylation sites is 2. The molecule has 7 heteroatoms. The average Bonchev–Trinajstić information content (AvgIpc) is 2.94. The van der Waals surface area contributed by atoms with Gasteiger partial charge in [0, 0.05) is 0 Å². The SMILES string of the molecule is CCc1nonc1NC(=O)C1COc2ccccc2O1. The largest absolute Gasteiger partial charge is 0.485 e. The van der Waals surface area contributed by atoms with Crippen molar-refractivity contribution in [3.63, 3.8) is 0 Å². The van der Waals surface area contributed by atoms with E-state index in [-0.39, 0.29) is 12.5 Å². The number of aromatic nitrogens is 2. The van der Waals surface area contributed by atoms with Crippen molar-refractivity contribution in [2.24, 2.45) is 0 Å². The molecule has 104 valence electrons. The second kappa shape index (κ2) is 5.20. The summed E-state index contributed by atoms with van der Waals surface area (Å²) in [5.41, 5.74) is 0.593. The van der Waals surface area contributed by atoms with Crippen LogP contribution in [-0.2, 0) is 11.2 Å². The van der Waals surface area contributed by atoms with Crippen molar-refractivity contribution in [1.29, 1.82) is 0 Å². The van der Waals surface area contributed by atoms with Crippen LogP contribution in [0.2, 0.25) is 0 Å². The quantitative estimate of drug-likeness (QED) is 0.911. The van der Waals surface area contributed by atoms with Gasteiger partial charge in [0.15, 0.2) is 11.5 Å². The first-order chi connectivity index (χ1) is 9.78. The van der Waals surface area contributed by atoms with E-state index in [0.29, 0.717) is 29.4 Å². The van der Waals surface area contributed by atoms with Gasteiger partial charge in [0.1, 0.15) is 12.3 Å². The third-order valence-corrected chi connectivity index (χ3v) is 2.93. The maximum Gasteiger partial charge on any atom is 0.270 e. The van der Waals surface area contributed by atoms with Crippen LogP contribution in [-0.4, -0.2) is 28.9 Å². The average molecular weight is 275 g/mol. The van der Waals surface area contributed by atoms with Gasteiger partial charge in [-0.1, -0.05) is 24.2 Å². The fraction of sp³-hybridized carbons (Fsp3) is 0.308. The Kier molecular flexibility index (Phi) is 3.24. The molecule has 1 N–H and O–H groups in total. The number of hydrogen-bond acceptors (Lipinski definition) is 6. The lowest BCUT2D eigenvalue weighted by Crippen LogP contribution is -2.40. The molecule has 7 nitrogen and oxygen atoms in total. The normalized spacial score (nSPS) is 16.8. The van der Waals surface area contributed by atoms with Gasteiger partial charge in [-0.25, -0.2) is 4.63 Å². The van der Waals surface area contributed by atoms with Gasteiger partial charge >= 0.3 is 0 Å². The number of carbonyl (C=O) groups excluding carboxylic acids is 1. The number of anilines is 1. The Balaban J connectivity index is 1.70. The molecule has 0 aliphatic carbocycles. The number of rotatable bonds is 3. The lowest BCUT2D eigenvalue weighted by molar-refractivity contribution is -0.125. The number of carbonyl (C=O) groups is 1. The van der Waals surface area contributed by atoms with Gasteiger partial charge in [-0.2, -0.15) is 0 Å². The Bertz CT molecular complexity index is 626. The highest BCUT2D eigenvalue weighted by Crippen LogP contribution is 2.31. The smallest absolute Gasteiger partial charge is 0.270 e. The van der Waals surface area contributed by atoms with Crippen LogP contribution < -0.4 is 14.8 Å². The highest BCUT2D eigenvalue weighted by atomic mass is 16.6. The molecule has 3 rings (SSSR count). The van der Waals surface area contributed by atoms with Crippen LogP contribution in [0, 0.1) is 0 Å². The number of ether oxygens (including phenoxy) is 2. The van der Waals surface area contributed by atoms with E-state index in [4.69, 9.17) is 9.47 Å². The van der Waals surface area contributed by atoms with Crippen LogP contribution in [0.15, 0.2) is 28.9 Å². The molecular formula is C13H13N3O4. The Morgan fingerprint density at radius 2 is 2.15 bits per heavy atom. The fourth-order valence-corrected chi connectivity index (χ4v) is 1.88. The van der Waals surface area contributed by atoms with Crippen molar-refractivity contribution in [1.82, 2.24) is 10.3 Å². The summed E-state index contributed by atoms with van der Waals surface area (Å²) >= 11 is 0. The van der Waals surface area contributed by atoms with E-state index in [2.05, 4.69) is 20.3 Å². The number of aryl methyl sites for hydroxylation is 1. The Hall–Kier alpha value is -2.57. The van der Waals surface area contributed by atoms with E-state index >= 15 is 0 Å². The van der Waals surface area contributed by atoms with E-state index in [9.17, 15) is 4.79 Å². The van der Waals surface area contributed by atoms with Crippen molar-refractivity contribution in [2.45, 2.75) is 19.4 Å². The van der Waals surface area contributed by atoms with Crippen molar-refractivity contribution < 1.29 is 18.9 Å². The molecule has 0 fully saturated rings. The molecule has 20 heavy (non-hydrogen) atoms. The number of amides is 1. The number of nitrogens with one attached hydrogen (secondary N) is 1. The van der Waals surface area contributed by atoms with Gasteiger partial charge in [-0.15, -0.1) is 0 Å². The third-order valence-electron chi connectivity index (χ3n) is 2.93. The Labute approximate surface area is 114 Å². The van der Waals surface area contributed by atoms with Crippen LogP contribution in [0.4, 0.5) is 5.82 Å². The summed E-state index contributed by atoms with van der Waals surface area (Å²) in [6.07, 6.45) is -0.115. The van der Waals surface area contributed by atoms with Gasteiger partial charge in [-0.05, 0) is 23.7 Å². The van der Waals surface area contributed by atoms with Crippen molar-refractivity contribution in [3.05, 3.63) is 30.0 Å². The summed E-state index contributed by atoms with van der Waals surface area (Å²) in [5.74, 6) is 1.16. The summed E-state index contributed by atoms with van der Waals surface area (Å²) in [5, 5.41) is 9.98. The zero-order valence-electron chi connectivity index (χ0n) is 10.8. The summed E-state index contributed by atoms with van der Waals surface area (Å²) in [4.78, 5) is 12.1. The van der Waals surface area contributed by atoms with Crippen molar-refractivity contribution >= 4 is 11.7 Å². The molecule has 1 unspecified atom stereocenters. The topological polar surface area (TPSA) is 86.5 Å². The highest BCUT2D eigenvalue weighted by molar-refractivity contribution is 5.94. The summed E-state index contributed by atoms with van der Waals surface area (Å²) < 4.78 is 15.7. The van der Waals surface area contributed by atoms with Crippen LogP contribution >= 0.6 is 0 Å². The van der Waals surface area contributed by atoms with Crippen LogP contribution in [0.1, 0.15) is 12.6 Å². The molecule has 0 saturated carbocycles. The molecule has 1 amide bonds. The van der Waals surface area contributed by atoms with Crippen LogP contribution in [0.3, 0.4) is 0 Å². The van der Waals surface area contributed by atoms with E-state index in [1.54, 1.807) is 12.1 Å². The third kappa shape index (κ3) is 2.29. The number of benzene rings is 1. The lowest BCUT2D eigenvalue weighted by atomic mass is 10.2. The van der Waals surface area contributed by atoms with E-state index in [0.717, 1.165) is 0 Å². The van der Waals surface area contributed by atoms with Crippen LogP contribution in [0.5, 0.6) is 11.5 Å². The van der Waals surface area contributed by atoms with Gasteiger partial charge in [-0.3, -0.25) is 4.79 Å². The molecule has 0 radical (unpaired) electrons. The first-order valence-corrected chi connectivity index (χ1v) is 6.28. The summed E-state index contributed by atoms with van der Waals surface area (Å²) in [6, 6.07) is 7.21.